The van der Waals surface area contributed by atoms with Crippen LogP contribution in [-0.2, 0) is 9.59 Å². The first-order chi connectivity index (χ1) is 15.0. The molecule has 0 spiro atoms. The lowest BCUT2D eigenvalue weighted by atomic mass is 10.1. The van der Waals surface area contributed by atoms with E-state index in [2.05, 4.69) is 9.97 Å². The third kappa shape index (κ3) is 5.00. The quantitative estimate of drug-likeness (QED) is 0.297. The molecule has 158 valence electrons. The Morgan fingerprint density at radius 2 is 1.94 bits per heavy atom. The van der Waals surface area contributed by atoms with E-state index in [-0.39, 0.29) is 12.3 Å². The average molecular weight is 454 g/mol. The van der Waals surface area contributed by atoms with Crippen molar-refractivity contribution in [2.45, 2.75) is 25.7 Å². The number of aromatic nitrogens is 2. The molecule has 2 aromatic heterocycles. The number of furan rings is 1. The highest BCUT2D eigenvalue weighted by Gasteiger charge is 2.31. The number of carbonyl (C=O) groups excluding carboxylic acids is 1. The van der Waals surface area contributed by atoms with Gasteiger partial charge in [-0.1, -0.05) is 30.4 Å². The monoisotopic (exact) mass is 453 g/mol. The van der Waals surface area contributed by atoms with Gasteiger partial charge in [-0.15, -0.1) is 0 Å². The summed E-state index contributed by atoms with van der Waals surface area (Å²) in [4.78, 5) is 34.0. The van der Waals surface area contributed by atoms with Gasteiger partial charge in [0, 0.05) is 37.0 Å². The third-order valence-corrected chi connectivity index (χ3v) is 6.18. The van der Waals surface area contributed by atoms with Crippen LogP contribution in [0.2, 0.25) is 0 Å². The van der Waals surface area contributed by atoms with Gasteiger partial charge in [-0.3, -0.25) is 24.5 Å². The van der Waals surface area contributed by atoms with Crippen LogP contribution in [-0.4, -0.2) is 42.7 Å². The molecule has 1 saturated heterocycles. The minimum atomic E-state index is -0.803. The SMILES string of the molecule is O=C(O)CCCCCN1C(=O)/C(=C/c2ccc(-c3ccc4nccnc4c3)o2)SC1=S. The van der Waals surface area contributed by atoms with Crippen LogP contribution in [0.25, 0.3) is 28.4 Å². The lowest BCUT2D eigenvalue weighted by molar-refractivity contribution is -0.137. The number of unbranched alkanes of at least 4 members (excludes halogenated alkanes) is 2. The summed E-state index contributed by atoms with van der Waals surface area (Å²) in [6.45, 7) is 0.489. The summed E-state index contributed by atoms with van der Waals surface area (Å²) in [6.07, 6.45) is 7.18. The van der Waals surface area contributed by atoms with E-state index in [0.29, 0.717) is 40.1 Å². The summed E-state index contributed by atoms with van der Waals surface area (Å²) in [5.74, 6) is 0.291. The first-order valence-electron chi connectivity index (χ1n) is 9.79. The molecule has 0 aliphatic carbocycles. The number of aliphatic carboxylic acids is 1. The van der Waals surface area contributed by atoms with Gasteiger partial charge in [-0.05, 0) is 43.2 Å². The fourth-order valence-corrected chi connectivity index (χ4v) is 4.54. The predicted molar refractivity (Wildman–Crippen MR) is 123 cm³/mol. The molecule has 1 aliphatic heterocycles. The normalized spacial score (nSPS) is 15.4. The first-order valence-corrected chi connectivity index (χ1v) is 11.0. The fraction of sp³-hybridized carbons (Fsp3) is 0.227. The number of thiocarbonyl (C=S) groups is 1. The molecule has 1 aromatic carbocycles. The van der Waals surface area contributed by atoms with Crippen LogP contribution in [0.5, 0.6) is 0 Å². The number of rotatable bonds is 8. The highest BCUT2D eigenvalue weighted by atomic mass is 32.2. The van der Waals surface area contributed by atoms with Crippen LogP contribution in [0.3, 0.4) is 0 Å². The maximum absolute atomic E-state index is 12.7. The zero-order valence-corrected chi connectivity index (χ0v) is 18.1. The molecule has 0 radical (unpaired) electrons. The highest BCUT2D eigenvalue weighted by molar-refractivity contribution is 8.26. The Morgan fingerprint density at radius 3 is 2.74 bits per heavy atom. The van der Waals surface area contributed by atoms with Gasteiger partial charge in [0.2, 0.25) is 0 Å². The van der Waals surface area contributed by atoms with Crippen molar-refractivity contribution in [1.82, 2.24) is 14.9 Å². The molecule has 0 atom stereocenters. The second-order valence-electron chi connectivity index (χ2n) is 7.00. The van der Waals surface area contributed by atoms with Crippen molar-refractivity contribution in [3.8, 4) is 11.3 Å². The van der Waals surface area contributed by atoms with E-state index in [1.807, 2.05) is 30.3 Å². The van der Waals surface area contributed by atoms with Crippen LogP contribution in [0.4, 0.5) is 0 Å². The lowest BCUT2D eigenvalue weighted by Crippen LogP contribution is -2.29. The average Bonchev–Trinajstić information content (AvgIpc) is 3.33. The van der Waals surface area contributed by atoms with Crippen molar-refractivity contribution in [2.24, 2.45) is 0 Å². The van der Waals surface area contributed by atoms with Crippen molar-refractivity contribution < 1.29 is 19.1 Å². The maximum Gasteiger partial charge on any atom is 0.303 e. The lowest BCUT2D eigenvalue weighted by Gasteiger charge is -2.13. The van der Waals surface area contributed by atoms with Crippen LogP contribution in [0, 0.1) is 0 Å². The molecule has 1 aliphatic rings. The molecule has 1 N–H and O–H groups in total. The van der Waals surface area contributed by atoms with Crippen molar-refractivity contribution in [3.63, 3.8) is 0 Å². The minimum Gasteiger partial charge on any atom is -0.481 e. The standard InChI is InChI=1S/C22H19N3O4S2/c26-20(27)4-2-1-3-11-25-21(28)19(31-22(25)30)13-15-6-8-18(29-15)14-5-7-16-17(12-14)24-10-9-23-16/h5-10,12-13H,1-4,11H2,(H,26,27)/b19-13-. The van der Waals surface area contributed by atoms with E-state index in [4.69, 9.17) is 21.7 Å². The van der Waals surface area contributed by atoms with Crippen LogP contribution >= 0.6 is 24.0 Å². The zero-order valence-electron chi connectivity index (χ0n) is 16.5. The Kier molecular flexibility index (Phi) is 6.43. The topological polar surface area (TPSA) is 96.5 Å². The van der Waals surface area contributed by atoms with Crippen molar-refractivity contribution in [1.29, 1.82) is 0 Å². The fourth-order valence-electron chi connectivity index (χ4n) is 3.25. The highest BCUT2D eigenvalue weighted by Crippen LogP contribution is 2.34. The van der Waals surface area contributed by atoms with E-state index in [9.17, 15) is 9.59 Å². The number of carboxylic acid groups (broad SMARTS) is 1. The van der Waals surface area contributed by atoms with Crippen LogP contribution in [0.15, 0.2) is 52.0 Å². The molecule has 4 rings (SSSR count). The molecular weight excluding hydrogens is 434 g/mol. The summed E-state index contributed by atoms with van der Waals surface area (Å²) in [6, 6.07) is 9.39. The molecule has 0 bridgehead atoms. The van der Waals surface area contributed by atoms with E-state index in [0.717, 1.165) is 23.0 Å². The Morgan fingerprint density at radius 1 is 1.13 bits per heavy atom. The van der Waals surface area contributed by atoms with Crippen LogP contribution in [0.1, 0.15) is 31.4 Å². The predicted octanol–water partition coefficient (Wildman–Crippen LogP) is 4.74. The van der Waals surface area contributed by atoms with E-state index < -0.39 is 5.97 Å². The van der Waals surface area contributed by atoms with Gasteiger partial charge in [0.15, 0.2) is 0 Å². The smallest absolute Gasteiger partial charge is 0.303 e. The molecule has 3 aromatic rings. The van der Waals surface area contributed by atoms with Gasteiger partial charge in [0.25, 0.3) is 5.91 Å². The van der Waals surface area contributed by atoms with Gasteiger partial charge in [-0.2, -0.15) is 0 Å². The molecule has 1 fully saturated rings. The van der Waals surface area contributed by atoms with Gasteiger partial charge in [-0.25, -0.2) is 0 Å². The van der Waals surface area contributed by atoms with E-state index in [1.165, 1.54) is 11.8 Å². The molecular formula is C22H19N3O4S2. The number of thioether (sulfide) groups is 1. The van der Waals surface area contributed by atoms with Crippen molar-refractivity contribution >= 4 is 57.3 Å². The van der Waals surface area contributed by atoms with E-state index in [1.54, 1.807) is 23.4 Å². The Balaban J connectivity index is 1.43. The van der Waals surface area contributed by atoms with Gasteiger partial charge in [0.05, 0.1) is 15.9 Å². The summed E-state index contributed by atoms with van der Waals surface area (Å²) in [7, 11) is 0. The number of hydrogen-bond donors (Lipinski definition) is 1. The van der Waals surface area contributed by atoms with Crippen LogP contribution < -0.4 is 0 Å². The Labute approximate surface area is 188 Å². The van der Waals surface area contributed by atoms with Gasteiger partial charge in [0.1, 0.15) is 15.8 Å². The number of carboxylic acids is 1. The van der Waals surface area contributed by atoms with Gasteiger partial charge >= 0.3 is 5.97 Å². The Hall–Kier alpha value is -3.04. The minimum absolute atomic E-state index is 0.142. The number of nitrogens with zero attached hydrogens (tertiary/aromatic N) is 3. The van der Waals surface area contributed by atoms with E-state index >= 15 is 0 Å². The summed E-state index contributed by atoms with van der Waals surface area (Å²) in [5.41, 5.74) is 2.47. The molecule has 7 nitrogen and oxygen atoms in total. The number of fused-ring (bicyclic) bond motifs is 1. The zero-order chi connectivity index (χ0) is 21.8. The summed E-state index contributed by atoms with van der Waals surface area (Å²) >= 11 is 6.60. The second kappa shape index (κ2) is 9.40. The third-order valence-electron chi connectivity index (χ3n) is 4.80. The van der Waals surface area contributed by atoms with Crippen molar-refractivity contribution in [2.75, 3.05) is 6.54 Å². The number of carbonyl (C=O) groups is 2. The summed E-state index contributed by atoms with van der Waals surface area (Å²) < 4.78 is 6.44. The van der Waals surface area contributed by atoms with Gasteiger partial charge < -0.3 is 9.52 Å². The molecule has 0 saturated carbocycles. The first kappa shape index (κ1) is 21.2. The molecule has 9 heteroatoms. The molecule has 1 amide bonds. The second-order valence-corrected chi connectivity index (χ2v) is 8.68. The number of benzene rings is 1. The number of hydrogen-bond acceptors (Lipinski definition) is 7. The number of amides is 1. The Bertz CT molecular complexity index is 1190. The summed E-state index contributed by atoms with van der Waals surface area (Å²) in [5, 5.41) is 8.69. The molecule has 31 heavy (non-hydrogen) atoms. The van der Waals surface area contributed by atoms with Crippen molar-refractivity contribution in [3.05, 3.63) is 53.4 Å². The maximum atomic E-state index is 12.7. The molecule has 3 heterocycles. The largest absolute Gasteiger partial charge is 0.481 e. The molecule has 0 unspecified atom stereocenters.